The van der Waals surface area contributed by atoms with E-state index in [2.05, 4.69) is 182 Å². The highest BCUT2D eigenvalue weighted by molar-refractivity contribution is 6.19. The van der Waals surface area contributed by atoms with Gasteiger partial charge in [-0.25, -0.2) is 0 Å². The van der Waals surface area contributed by atoms with Gasteiger partial charge in [-0.1, -0.05) is 152 Å². The molecule has 0 amide bonds. The Hall–Kier alpha value is -6.70. The van der Waals surface area contributed by atoms with Gasteiger partial charge in [-0.3, -0.25) is 0 Å². The van der Waals surface area contributed by atoms with Gasteiger partial charge in [-0.05, 0) is 113 Å². The summed E-state index contributed by atoms with van der Waals surface area (Å²) in [5.41, 5.74) is 16.4. The summed E-state index contributed by atoms with van der Waals surface area (Å²) in [6.45, 7) is 0. The van der Waals surface area contributed by atoms with Gasteiger partial charge in [0.05, 0.1) is 5.41 Å². The van der Waals surface area contributed by atoms with Gasteiger partial charge in [-0.2, -0.15) is 0 Å². The van der Waals surface area contributed by atoms with Crippen LogP contribution >= 0.6 is 0 Å². The van der Waals surface area contributed by atoms with E-state index in [1.54, 1.807) is 0 Å². The second-order valence-electron chi connectivity index (χ2n) is 14.4. The van der Waals surface area contributed by atoms with E-state index >= 15 is 0 Å². The maximum atomic E-state index is 7.04. The third kappa shape index (κ3) is 3.57. The molecule has 0 unspecified atom stereocenters. The van der Waals surface area contributed by atoms with Crippen LogP contribution in [-0.4, -0.2) is 0 Å². The van der Waals surface area contributed by atoms with Crippen molar-refractivity contribution in [2.75, 3.05) is 0 Å². The zero-order valence-corrected chi connectivity index (χ0v) is 28.2. The van der Waals surface area contributed by atoms with Crippen molar-refractivity contribution >= 4 is 43.5 Å². The summed E-state index contributed by atoms with van der Waals surface area (Å²) in [7, 11) is 0. The fourth-order valence-corrected chi connectivity index (χ4v) is 9.63. The van der Waals surface area contributed by atoms with Crippen molar-refractivity contribution < 1.29 is 4.42 Å². The van der Waals surface area contributed by atoms with Gasteiger partial charge >= 0.3 is 0 Å². The first kappa shape index (κ1) is 28.0. The molecular weight excluding hydrogens is 629 g/mol. The van der Waals surface area contributed by atoms with Gasteiger partial charge in [0.25, 0.3) is 0 Å². The first-order valence-corrected chi connectivity index (χ1v) is 18.1. The summed E-state index contributed by atoms with van der Waals surface area (Å²) in [6.07, 6.45) is 0. The smallest absolute Gasteiger partial charge is 0.144 e. The molecule has 0 aliphatic heterocycles. The first-order chi connectivity index (χ1) is 25.8. The molecule has 0 bridgehead atoms. The first-order valence-electron chi connectivity index (χ1n) is 18.1. The average Bonchev–Trinajstić information content (AvgIpc) is 3.84. The molecule has 0 saturated heterocycles. The van der Waals surface area contributed by atoms with E-state index in [-0.39, 0.29) is 0 Å². The van der Waals surface area contributed by atoms with Gasteiger partial charge < -0.3 is 4.42 Å². The van der Waals surface area contributed by atoms with E-state index in [9.17, 15) is 0 Å². The third-order valence-corrected chi connectivity index (χ3v) is 11.8. The lowest BCUT2D eigenvalue weighted by Gasteiger charge is -2.31. The lowest BCUT2D eigenvalue weighted by molar-refractivity contribution is 0.669. The Labute approximate surface area is 301 Å². The number of fused-ring (bicyclic) bond motifs is 16. The van der Waals surface area contributed by atoms with Crippen LogP contribution in [0.4, 0.5) is 0 Å². The molecule has 1 nitrogen and oxygen atoms in total. The number of furan rings is 1. The molecule has 0 atom stereocenters. The van der Waals surface area contributed by atoms with E-state index in [0.29, 0.717) is 0 Å². The van der Waals surface area contributed by atoms with E-state index < -0.39 is 5.41 Å². The second kappa shape index (κ2) is 10.2. The fourth-order valence-electron chi connectivity index (χ4n) is 9.63. The normalized spacial score (nSPS) is 13.5. The molecule has 2 aliphatic carbocycles. The van der Waals surface area contributed by atoms with Gasteiger partial charge in [0.1, 0.15) is 11.2 Å². The van der Waals surface area contributed by atoms with Crippen LogP contribution in [0.25, 0.3) is 88.0 Å². The SMILES string of the molecule is c1ccc2c(c1)-c1ccccc1C21c2cc(-c3ccc4ccccc4c3)ccc2-c2c1cc(-c1ccc3ccccc3c1)c1c2oc2ccccc21. The molecular formula is C51H30O. The summed E-state index contributed by atoms with van der Waals surface area (Å²) in [4.78, 5) is 0. The van der Waals surface area contributed by atoms with Crippen molar-refractivity contribution in [2.45, 2.75) is 5.41 Å². The van der Waals surface area contributed by atoms with Crippen LogP contribution in [0.2, 0.25) is 0 Å². The number of para-hydroxylation sites is 1. The highest BCUT2D eigenvalue weighted by Crippen LogP contribution is 2.65. The molecule has 0 saturated carbocycles. The van der Waals surface area contributed by atoms with E-state index in [0.717, 1.165) is 16.6 Å². The van der Waals surface area contributed by atoms with Gasteiger partial charge in [0, 0.05) is 16.3 Å². The zero-order chi connectivity index (χ0) is 34.0. The third-order valence-electron chi connectivity index (χ3n) is 11.8. The Bertz CT molecular complexity index is 3090. The zero-order valence-electron chi connectivity index (χ0n) is 28.2. The van der Waals surface area contributed by atoms with Crippen molar-refractivity contribution in [1.29, 1.82) is 0 Å². The lowest BCUT2D eigenvalue weighted by atomic mass is 9.69. The fraction of sp³-hybridized carbons (Fsp3) is 0.0196. The van der Waals surface area contributed by atoms with Crippen molar-refractivity contribution in [3.8, 4) is 44.5 Å². The molecule has 10 aromatic rings. The Morgan fingerprint density at radius 2 is 0.904 bits per heavy atom. The molecule has 12 rings (SSSR count). The van der Waals surface area contributed by atoms with E-state index in [1.165, 1.54) is 93.7 Å². The number of rotatable bonds is 2. The monoisotopic (exact) mass is 658 g/mol. The van der Waals surface area contributed by atoms with Crippen LogP contribution in [0.5, 0.6) is 0 Å². The molecule has 0 N–H and O–H groups in total. The summed E-state index contributed by atoms with van der Waals surface area (Å²) >= 11 is 0. The Balaban J connectivity index is 1.24. The Morgan fingerprint density at radius 1 is 0.346 bits per heavy atom. The quantitative estimate of drug-likeness (QED) is 0.180. The lowest BCUT2D eigenvalue weighted by Crippen LogP contribution is -2.26. The molecule has 1 heteroatoms. The molecule has 2 aliphatic rings. The number of hydrogen-bond acceptors (Lipinski definition) is 1. The number of hydrogen-bond donors (Lipinski definition) is 0. The van der Waals surface area contributed by atoms with Crippen molar-refractivity contribution in [1.82, 2.24) is 0 Å². The molecule has 1 aromatic heterocycles. The van der Waals surface area contributed by atoms with Gasteiger partial charge in [0.2, 0.25) is 0 Å². The minimum absolute atomic E-state index is 0.524. The van der Waals surface area contributed by atoms with Crippen LogP contribution in [-0.2, 0) is 5.41 Å². The van der Waals surface area contributed by atoms with Gasteiger partial charge in [-0.15, -0.1) is 0 Å². The largest absolute Gasteiger partial charge is 0.455 e. The highest BCUT2D eigenvalue weighted by atomic mass is 16.3. The van der Waals surface area contributed by atoms with Crippen molar-refractivity contribution in [3.63, 3.8) is 0 Å². The minimum Gasteiger partial charge on any atom is -0.455 e. The molecule has 240 valence electrons. The van der Waals surface area contributed by atoms with Crippen LogP contribution in [0.3, 0.4) is 0 Å². The average molecular weight is 659 g/mol. The summed E-state index contributed by atoms with van der Waals surface area (Å²) in [6, 6.07) is 67.3. The summed E-state index contributed by atoms with van der Waals surface area (Å²) in [5, 5.41) is 7.29. The Morgan fingerprint density at radius 3 is 1.63 bits per heavy atom. The molecule has 52 heavy (non-hydrogen) atoms. The molecule has 9 aromatic carbocycles. The second-order valence-corrected chi connectivity index (χ2v) is 14.4. The molecule has 1 heterocycles. The van der Waals surface area contributed by atoms with Gasteiger partial charge in [0.15, 0.2) is 0 Å². The summed E-state index contributed by atoms with van der Waals surface area (Å²) < 4.78 is 7.04. The Kier molecular flexibility index (Phi) is 5.49. The number of benzene rings is 9. The van der Waals surface area contributed by atoms with Crippen molar-refractivity contribution in [2.24, 2.45) is 0 Å². The molecule has 1 spiro atoms. The van der Waals surface area contributed by atoms with Crippen LogP contribution in [0, 0.1) is 0 Å². The predicted octanol–water partition coefficient (Wildman–Crippen LogP) is 13.6. The molecule has 0 fully saturated rings. The maximum absolute atomic E-state index is 7.04. The predicted molar refractivity (Wildman–Crippen MR) is 216 cm³/mol. The summed E-state index contributed by atoms with van der Waals surface area (Å²) in [5.74, 6) is 0. The van der Waals surface area contributed by atoms with Crippen LogP contribution < -0.4 is 0 Å². The molecule has 0 radical (unpaired) electrons. The topological polar surface area (TPSA) is 13.1 Å². The van der Waals surface area contributed by atoms with E-state index in [1.807, 2.05) is 0 Å². The maximum Gasteiger partial charge on any atom is 0.144 e. The van der Waals surface area contributed by atoms with E-state index in [4.69, 9.17) is 4.42 Å². The van der Waals surface area contributed by atoms with Crippen LogP contribution in [0.1, 0.15) is 22.3 Å². The standard InChI is InChI=1S/C51H30O/c1-3-13-33-27-35(23-21-31(33)11-1)36-25-26-40-45(29-36)51(43-18-8-5-15-38(43)39-16-6-9-19-44(39)51)46-30-42(37-24-22-32-12-2-4-14-34(32)28-37)48-41-17-7-10-20-47(41)52-50(48)49(40)46/h1-30H. The highest BCUT2D eigenvalue weighted by Gasteiger charge is 2.53. The minimum atomic E-state index is -0.524. The van der Waals surface area contributed by atoms with Crippen LogP contribution in [0.15, 0.2) is 186 Å². The van der Waals surface area contributed by atoms with Crippen molar-refractivity contribution in [3.05, 3.63) is 204 Å².